The smallest absolute Gasteiger partial charge is 0.320 e. The number of hydrogen-bond acceptors (Lipinski definition) is 5. The zero-order valence-corrected chi connectivity index (χ0v) is 8.79. The van der Waals surface area contributed by atoms with Crippen LogP contribution in [0.4, 0.5) is 0 Å². The average molecular weight is 239 g/mol. The van der Waals surface area contributed by atoms with E-state index in [9.17, 15) is 18.3 Å². The third-order valence-electron chi connectivity index (χ3n) is 2.02. The SMILES string of the molecule is O=C(O)CS(=O)(=O)NCC1(O)CCOC1. The minimum Gasteiger partial charge on any atom is -0.480 e. The molecule has 3 N–H and O–H groups in total. The third-order valence-corrected chi connectivity index (χ3v) is 3.23. The first-order chi connectivity index (χ1) is 6.83. The largest absolute Gasteiger partial charge is 0.480 e. The first-order valence-electron chi connectivity index (χ1n) is 4.32. The molecule has 8 heteroatoms. The lowest BCUT2D eigenvalue weighted by molar-refractivity contribution is -0.134. The Bertz CT molecular complexity index is 331. The number of carbonyl (C=O) groups is 1. The van der Waals surface area contributed by atoms with Crippen LogP contribution < -0.4 is 4.72 Å². The maximum atomic E-state index is 11.1. The van der Waals surface area contributed by atoms with E-state index < -0.39 is 27.3 Å². The maximum absolute atomic E-state index is 11.1. The Balaban J connectivity index is 2.45. The van der Waals surface area contributed by atoms with E-state index in [1.54, 1.807) is 0 Å². The summed E-state index contributed by atoms with van der Waals surface area (Å²) in [6, 6.07) is 0. The summed E-state index contributed by atoms with van der Waals surface area (Å²) in [6.45, 7) is 0.211. The topological polar surface area (TPSA) is 113 Å². The summed E-state index contributed by atoms with van der Waals surface area (Å²) in [7, 11) is -3.87. The third kappa shape index (κ3) is 4.12. The first kappa shape index (κ1) is 12.4. The van der Waals surface area contributed by atoms with E-state index in [4.69, 9.17) is 9.84 Å². The van der Waals surface area contributed by atoms with Crippen molar-refractivity contribution in [1.82, 2.24) is 4.72 Å². The van der Waals surface area contributed by atoms with Crippen molar-refractivity contribution in [1.29, 1.82) is 0 Å². The molecule has 1 fully saturated rings. The Labute approximate surface area is 87.1 Å². The van der Waals surface area contributed by atoms with Crippen LogP contribution in [0, 0.1) is 0 Å². The van der Waals surface area contributed by atoms with E-state index in [-0.39, 0.29) is 13.2 Å². The number of carboxylic acid groups (broad SMARTS) is 1. The van der Waals surface area contributed by atoms with E-state index in [0.717, 1.165) is 0 Å². The first-order valence-corrected chi connectivity index (χ1v) is 5.97. The number of sulfonamides is 1. The van der Waals surface area contributed by atoms with E-state index in [1.807, 2.05) is 4.72 Å². The molecule has 1 aliphatic heterocycles. The molecule has 1 aliphatic rings. The van der Waals surface area contributed by atoms with Crippen LogP contribution in [0.2, 0.25) is 0 Å². The molecular weight excluding hydrogens is 226 g/mol. The van der Waals surface area contributed by atoms with E-state index >= 15 is 0 Å². The van der Waals surface area contributed by atoms with Gasteiger partial charge in [-0.2, -0.15) is 0 Å². The molecule has 0 saturated carbocycles. The molecule has 88 valence electrons. The predicted octanol–water partition coefficient (Wildman–Crippen LogP) is -1.86. The predicted molar refractivity (Wildman–Crippen MR) is 49.8 cm³/mol. The van der Waals surface area contributed by atoms with Gasteiger partial charge in [0.15, 0.2) is 5.75 Å². The van der Waals surface area contributed by atoms with Crippen molar-refractivity contribution in [3.05, 3.63) is 0 Å². The van der Waals surface area contributed by atoms with Gasteiger partial charge in [0.25, 0.3) is 0 Å². The van der Waals surface area contributed by atoms with Gasteiger partial charge in [-0.25, -0.2) is 13.1 Å². The summed E-state index contributed by atoms with van der Waals surface area (Å²) in [5.74, 6) is -2.43. The quantitative estimate of drug-likeness (QED) is 0.518. The molecule has 0 amide bonds. The lowest BCUT2D eigenvalue weighted by Crippen LogP contribution is -2.44. The highest BCUT2D eigenvalue weighted by Gasteiger charge is 2.33. The molecule has 0 spiro atoms. The van der Waals surface area contributed by atoms with Crippen molar-refractivity contribution in [2.24, 2.45) is 0 Å². The summed E-state index contributed by atoms with van der Waals surface area (Å²) in [5.41, 5.74) is -1.22. The van der Waals surface area contributed by atoms with Gasteiger partial charge < -0.3 is 14.9 Å². The second kappa shape index (κ2) is 4.44. The number of hydrogen-bond donors (Lipinski definition) is 3. The van der Waals surface area contributed by atoms with Gasteiger partial charge in [0, 0.05) is 19.6 Å². The number of ether oxygens (including phenoxy) is 1. The number of nitrogens with one attached hydrogen (secondary N) is 1. The summed E-state index contributed by atoms with van der Waals surface area (Å²) in [6.07, 6.45) is 0.336. The highest BCUT2D eigenvalue weighted by atomic mass is 32.2. The van der Waals surface area contributed by atoms with Crippen LogP contribution in [-0.2, 0) is 19.6 Å². The monoisotopic (exact) mass is 239 g/mol. The minimum atomic E-state index is -3.87. The van der Waals surface area contributed by atoms with Crippen molar-refractivity contribution >= 4 is 16.0 Å². The van der Waals surface area contributed by atoms with Gasteiger partial charge in [0.05, 0.1) is 6.61 Å². The average Bonchev–Trinajstić information content (AvgIpc) is 2.48. The lowest BCUT2D eigenvalue weighted by Gasteiger charge is -2.20. The molecule has 0 aromatic carbocycles. The maximum Gasteiger partial charge on any atom is 0.320 e. The molecule has 1 rings (SSSR count). The molecule has 1 saturated heterocycles. The number of aliphatic carboxylic acids is 1. The Kier molecular flexibility index (Phi) is 3.66. The van der Waals surface area contributed by atoms with Crippen LogP contribution in [0.3, 0.4) is 0 Å². The molecule has 0 aromatic rings. The second-order valence-electron chi connectivity index (χ2n) is 3.50. The van der Waals surface area contributed by atoms with Crippen molar-refractivity contribution in [3.8, 4) is 0 Å². The molecule has 7 nitrogen and oxygen atoms in total. The van der Waals surface area contributed by atoms with Crippen molar-refractivity contribution in [2.75, 3.05) is 25.5 Å². The Morgan fingerprint density at radius 3 is 2.67 bits per heavy atom. The molecule has 1 heterocycles. The second-order valence-corrected chi connectivity index (χ2v) is 5.31. The summed E-state index contributed by atoms with van der Waals surface area (Å²) < 4.78 is 29.1. The molecule has 0 radical (unpaired) electrons. The summed E-state index contributed by atoms with van der Waals surface area (Å²) in [5, 5.41) is 18.0. The molecule has 0 aromatic heterocycles. The lowest BCUT2D eigenvalue weighted by atomic mass is 10.1. The normalized spacial score (nSPS) is 26.7. The van der Waals surface area contributed by atoms with Gasteiger partial charge in [-0.15, -0.1) is 0 Å². The van der Waals surface area contributed by atoms with Crippen LogP contribution in [0.5, 0.6) is 0 Å². The molecule has 1 atom stereocenters. The fourth-order valence-electron chi connectivity index (χ4n) is 1.19. The van der Waals surface area contributed by atoms with E-state index in [1.165, 1.54) is 0 Å². The zero-order valence-electron chi connectivity index (χ0n) is 7.97. The van der Waals surface area contributed by atoms with Gasteiger partial charge in [-0.3, -0.25) is 4.79 Å². The number of carboxylic acids is 1. The highest BCUT2D eigenvalue weighted by Crippen LogP contribution is 2.17. The van der Waals surface area contributed by atoms with Crippen LogP contribution in [0.1, 0.15) is 6.42 Å². The van der Waals surface area contributed by atoms with Crippen molar-refractivity contribution in [2.45, 2.75) is 12.0 Å². The van der Waals surface area contributed by atoms with Gasteiger partial charge >= 0.3 is 5.97 Å². The van der Waals surface area contributed by atoms with E-state index in [0.29, 0.717) is 13.0 Å². The molecular formula is C7H13NO6S. The molecule has 0 aliphatic carbocycles. The van der Waals surface area contributed by atoms with Gasteiger partial charge in [0.2, 0.25) is 10.0 Å². The van der Waals surface area contributed by atoms with Crippen LogP contribution in [0.15, 0.2) is 0 Å². The molecule has 15 heavy (non-hydrogen) atoms. The Hall–Kier alpha value is -0.700. The minimum absolute atomic E-state index is 0.0581. The fraction of sp³-hybridized carbons (Fsp3) is 0.857. The van der Waals surface area contributed by atoms with Crippen LogP contribution in [0.25, 0.3) is 0 Å². The van der Waals surface area contributed by atoms with Crippen molar-refractivity contribution < 1.29 is 28.2 Å². The standard InChI is InChI=1S/C7H13NO6S/c9-6(10)3-15(12,13)8-4-7(11)1-2-14-5-7/h8,11H,1-5H2,(H,9,10). The molecule has 1 unspecified atom stereocenters. The molecule has 0 bridgehead atoms. The Morgan fingerprint density at radius 2 is 2.20 bits per heavy atom. The Morgan fingerprint density at radius 1 is 1.53 bits per heavy atom. The van der Waals surface area contributed by atoms with Gasteiger partial charge in [0.1, 0.15) is 5.60 Å². The van der Waals surface area contributed by atoms with Crippen LogP contribution in [-0.4, -0.2) is 55.7 Å². The number of rotatable bonds is 5. The summed E-state index contributed by atoms with van der Waals surface area (Å²) in [4.78, 5) is 10.2. The van der Waals surface area contributed by atoms with Crippen LogP contribution >= 0.6 is 0 Å². The highest BCUT2D eigenvalue weighted by molar-refractivity contribution is 7.90. The van der Waals surface area contributed by atoms with Crippen molar-refractivity contribution in [3.63, 3.8) is 0 Å². The zero-order chi connectivity index (χ0) is 11.5. The van der Waals surface area contributed by atoms with E-state index in [2.05, 4.69) is 0 Å². The fourth-order valence-corrected chi connectivity index (χ4v) is 2.11. The number of aliphatic hydroxyl groups is 1. The van der Waals surface area contributed by atoms with Gasteiger partial charge in [-0.05, 0) is 0 Å². The van der Waals surface area contributed by atoms with Gasteiger partial charge in [-0.1, -0.05) is 0 Å². The summed E-state index contributed by atoms with van der Waals surface area (Å²) >= 11 is 0.